The largest absolute Gasteiger partial charge is 0.341 e. The maximum Gasteiger partial charge on any atom is 0.198 e. The average molecular weight is 857 g/mol. The summed E-state index contributed by atoms with van der Waals surface area (Å²) in [6.07, 6.45) is 51.4. The summed E-state index contributed by atoms with van der Waals surface area (Å²) in [6, 6.07) is 0. The lowest BCUT2D eigenvalue weighted by Crippen LogP contribution is -2.04. The van der Waals surface area contributed by atoms with Gasteiger partial charge in [0.05, 0.1) is 0 Å². The van der Waals surface area contributed by atoms with Crippen molar-refractivity contribution >= 4 is 28.0 Å². The van der Waals surface area contributed by atoms with Crippen molar-refractivity contribution in [2.45, 2.75) is 279 Å². The van der Waals surface area contributed by atoms with Crippen molar-refractivity contribution in [1.82, 2.24) is 0 Å². The minimum Gasteiger partial charge on any atom is -0.341 e. The third-order valence-corrected chi connectivity index (χ3v) is 18.0. The van der Waals surface area contributed by atoms with E-state index < -0.39 is 5.69 Å². The zero-order chi connectivity index (χ0) is 42.5. The highest BCUT2D eigenvalue weighted by Crippen LogP contribution is 2.47. The molecule has 0 amide bonds. The number of thiol groups is 1. The second-order valence-electron chi connectivity index (χ2n) is 16.4. The van der Waals surface area contributed by atoms with Crippen LogP contribution in [0.5, 0.6) is 0 Å². The predicted molar refractivity (Wildman–Crippen MR) is 268 cm³/mol. The van der Waals surface area contributed by atoms with Crippen LogP contribution in [0, 0.1) is 0 Å². The lowest BCUT2D eigenvalue weighted by molar-refractivity contribution is 0.502. The Morgan fingerprint density at radius 2 is 0.464 bits per heavy atom. The van der Waals surface area contributed by atoms with Gasteiger partial charge in [0.1, 0.15) is 0 Å². The minimum absolute atomic E-state index is 0.262. The van der Waals surface area contributed by atoms with Crippen molar-refractivity contribution < 1.29 is 9.79 Å². The Hall–Kier alpha value is 0.930. The summed E-state index contributed by atoms with van der Waals surface area (Å²) in [6.45, 7) is 13.8. The van der Waals surface area contributed by atoms with Crippen molar-refractivity contribution in [3.05, 3.63) is 0 Å². The molecular formula is C48H110N3O2PS2. The molecule has 0 aromatic heterocycles. The standard InChI is InChI=1S/3C12H27N.C12H29O2PS2/c3*1-2-3-4-5-6-7-8-9-10-11-12-13;1-3-5-7-9-11-17(15(13,14)16)12-10-8-6-4-2/h3*2-13H2,1H3;13-14,16H,3-12H2,1-2H3. The molecule has 0 aromatic carbocycles. The third kappa shape index (κ3) is 66.7. The van der Waals surface area contributed by atoms with Crippen molar-refractivity contribution in [2.75, 3.05) is 31.1 Å². The quantitative estimate of drug-likeness (QED) is 0.0208. The van der Waals surface area contributed by atoms with Crippen LogP contribution < -0.4 is 17.2 Å². The smallest absolute Gasteiger partial charge is 0.198 e. The van der Waals surface area contributed by atoms with Crippen molar-refractivity contribution in [3.63, 3.8) is 0 Å². The lowest BCUT2D eigenvalue weighted by Gasteiger charge is -2.16. The molecule has 0 unspecified atom stereocenters. The Morgan fingerprint density at radius 1 is 0.304 bits per heavy atom. The molecular weight excluding hydrogens is 746 g/mol. The maximum atomic E-state index is 9.73. The molecule has 0 aliphatic heterocycles. The molecule has 0 heterocycles. The van der Waals surface area contributed by atoms with E-state index in [1.807, 2.05) is 0 Å². The molecule has 0 aliphatic carbocycles. The summed E-state index contributed by atoms with van der Waals surface area (Å²) in [5.74, 6) is 1.91. The van der Waals surface area contributed by atoms with Gasteiger partial charge >= 0.3 is 0 Å². The zero-order valence-corrected chi connectivity index (χ0v) is 41.9. The number of nitrogens with two attached hydrogens (primary N) is 3. The predicted octanol–water partition coefficient (Wildman–Crippen LogP) is 16.0. The molecule has 346 valence electrons. The topological polar surface area (TPSA) is 119 Å². The first-order chi connectivity index (χ1) is 27.3. The number of rotatable bonds is 40. The van der Waals surface area contributed by atoms with Gasteiger partial charge in [0, 0.05) is 0 Å². The average Bonchev–Trinajstić information content (AvgIpc) is 3.19. The monoisotopic (exact) mass is 856 g/mol. The summed E-state index contributed by atoms with van der Waals surface area (Å²) < 4.78 is 0. The number of hydrogen-bond donors (Lipinski definition) is 6. The van der Waals surface area contributed by atoms with Gasteiger partial charge in [-0.25, -0.2) is 0 Å². The van der Waals surface area contributed by atoms with E-state index in [0.717, 1.165) is 44.0 Å². The summed E-state index contributed by atoms with van der Waals surface area (Å²) in [5.41, 5.74) is 13.4. The SMILES string of the molecule is CCCCCCCCCCCCN.CCCCCCCCCCCCN.CCCCCCCCCCCCN.CCCCCCS(CCCCCC)=P(O)(O)S. The summed E-state index contributed by atoms with van der Waals surface area (Å²) in [4.78, 5) is 19.5. The molecule has 8 N–H and O–H groups in total. The lowest BCUT2D eigenvalue weighted by atomic mass is 10.1. The van der Waals surface area contributed by atoms with E-state index in [9.17, 15) is 9.79 Å². The van der Waals surface area contributed by atoms with Gasteiger partial charge in [0.15, 0.2) is 5.69 Å². The van der Waals surface area contributed by atoms with Crippen LogP contribution in [0.15, 0.2) is 0 Å². The van der Waals surface area contributed by atoms with E-state index in [0.29, 0.717) is 0 Å². The first-order valence-electron chi connectivity index (χ1n) is 25.1. The van der Waals surface area contributed by atoms with Crippen LogP contribution in [0.2, 0.25) is 0 Å². The van der Waals surface area contributed by atoms with Gasteiger partial charge in [-0.15, -0.1) is 10.1 Å². The molecule has 0 aromatic rings. The van der Waals surface area contributed by atoms with Crippen LogP contribution in [0.4, 0.5) is 0 Å². The Labute approximate surface area is 363 Å². The van der Waals surface area contributed by atoms with Gasteiger partial charge in [-0.05, 0) is 63.2 Å². The molecule has 0 spiro atoms. The van der Waals surface area contributed by atoms with Crippen LogP contribution in [-0.4, -0.2) is 40.9 Å². The van der Waals surface area contributed by atoms with Crippen molar-refractivity contribution in [2.24, 2.45) is 17.2 Å². The Kier molecular flexibility index (Phi) is 68.4. The summed E-state index contributed by atoms with van der Waals surface area (Å²) in [7, 11) is -0.262. The van der Waals surface area contributed by atoms with Gasteiger partial charge in [-0.3, -0.25) is 0 Å². The Bertz CT molecular complexity index is 607. The van der Waals surface area contributed by atoms with E-state index in [1.54, 1.807) is 0 Å². The second-order valence-corrected chi connectivity index (χ2v) is 24.7. The molecule has 0 saturated heterocycles. The van der Waals surface area contributed by atoms with Crippen LogP contribution in [0.3, 0.4) is 0 Å². The Balaban J connectivity index is -0.000000324. The van der Waals surface area contributed by atoms with Gasteiger partial charge in [0.2, 0.25) is 0 Å². The fraction of sp³-hybridized carbons (Fsp3) is 1.00. The summed E-state index contributed by atoms with van der Waals surface area (Å²) in [5, 5.41) is 0. The molecule has 0 rings (SSSR count). The molecule has 5 nitrogen and oxygen atoms in total. The highest BCUT2D eigenvalue weighted by molar-refractivity contribution is 8.65. The minimum atomic E-state index is -2.90. The zero-order valence-electron chi connectivity index (χ0n) is 39.3. The van der Waals surface area contributed by atoms with Crippen LogP contribution in [0.1, 0.15) is 279 Å². The molecule has 0 aliphatic rings. The molecule has 0 atom stereocenters. The van der Waals surface area contributed by atoms with Gasteiger partial charge in [-0.1, -0.05) is 259 Å². The van der Waals surface area contributed by atoms with E-state index in [1.165, 1.54) is 231 Å². The van der Waals surface area contributed by atoms with E-state index in [2.05, 4.69) is 46.9 Å². The maximum absolute atomic E-state index is 9.73. The number of hydrogen-bond acceptors (Lipinski definition) is 3. The van der Waals surface area contributed by atoms with Gasteiger partial charge in [-0.2, -0.15) is 0 Å². The van der Waals surface area contributed by atoms with Crippen LogP contribution in [0.25, 0.3) is 0 Å². The molecule has 0 bridgehead atoms. The van der Waals surface area contributed by atoms with E-state index >= 15 is 0 Å². The van der Waals surface area contributed by atoms with Crippen molar-refractivity contribution in [3.8, 4) is 0 Å². The van der Waals surface area contributed by atoms with Crippen LogP contribution >= 0.6 is 17.9 Å². The first kappa shape index (κ1) is 63.6. The van der Waals surface area contributed by atoms with Crippen LogP contribution in [-0.2, 0) is 10.1 Å². The third-order valence-electron chi connectivity index (χ3n) is 10.5. The molecule has 8 heteroatoms. The second kappa shape index (κ2) is 60.2. The number of unbranched alkanes of at least 4 members (excludes halogenated alkanes) is 33. The fourth-order valence-electron chi connectivity index (χ4n) is 6.63. The highest BCUT2D eigenvalue weighted by atomic mass is 32.9. The van der Waals surface area contributed by atoms with E-state index in [-0.39, 0.29) is 10.1 Å². The van der Waals surface area contributed by atoms with Gasteiger partial charge < -0.3 is 27.0 Å². The van der Waals surface area contributed by atoms with E-state index in [4.69, 9.17) is 17.2 Å². The van der Waals surface area contributed by atoms with Gasteiger partial charge in [0.25, 0.3) is 0 Å². The Morgan fingerprint density at radius 3 is 0.625 bits per heavy atom. The molecule has 0 saturated carbocycles. The van der Waals surface area contributed by atoms with Crippen molar-refractivity contribution in [1.29, 1.82) is 0 Å². The normalized spacial score (nSPS) is 11.1. The molecule has 56 heavy (non-hydrogen) atoms. The molecule has 0 fully saturated rings. The highest BCUT2D eigenvalue weighted by Gasteiger charge is 2.10. The molecule has 0 radical (unpaired) electrons. The first-order valence-corrected chi connectivity index (χ1v) is 30.1. The summed E-state index contributed by atoms with van der Waals surface area (Å²) >= 11 is 4.03. The fourth-order valence-corrected chi connectivity index (χ4v) is 12.1.